The smallest absolute Gasteiger partial charge is 0.256 e. The van der Waals surface area contributed by atoms with Crippen molar-refractivity contribution in [2.45, 2.75) is 19.8 Å². The molecule has 2 aromatic rings. The Morgan fingerprint density at radius 1 is 1.32 bits per heavy atom. The summed E-state index contributed by atoms with van der Waals surface area (Å²) in [6.07, 6.45) is 1.44. The van der Waals surface area contributed by atoms with Crippen LogP contribution in [0.25, 0.3) is 11.4 Å². The maximum absolute atomic E-state index is 11.9. The maximum atomic E-state index is 11.9. The van der Waals surface area contributed by atoms with Crippen molar-refractivity contribution in [3.63, 3.8) is 0 Å². The van der Waals surface area contributed by atoms with Crippen LogP contribution < -0.4 is 11.3 Å². The Bertz CT molecular complexity index is 667. The number of hydrogen-bond acceptors (Lipinski definition) is 3. The van der Waals surface area contributed by atoms with Gasteiger partial charge in [0.25, 0.3) is 5.56 Å². The number of aromatic amines is 1. The van der Waals surface area contributed by atoms with Crippen LogP contribution >= 0.6 is 23.2 Å². The van der Waals surface area contributed by atoms with Crippen molar-refractivity contribution < 1.29 is 0 Å². The first-order valence-corrected chi connectivity index (χ1v) is 6.62. The Morgan fingerprint density at radius 3 is 2.63 bits per heavy atom. The summed E-state index contributed by atoms with van der Waals surface area (Å²) < 4.78 is 0. The lowest BCUT2D eigenvalue weighted by molar-refractivity contribution is 0.892. The molecule has 100 valence electrons. The first-order chi connectivity index (χ1) is 9.02. The lowest BCUT2D eigenvalue weighted by Crippen LogP contribution is -2.18. The highest BCUT2D eigenvalue weighted by molar-refractivity contribution is 6.42. The zero-order valence-corrected chi connectivity index (χ0v) is 11.8. The van der Waals surface area contributed by atoms with E-state index in [4.69, 9.17) is 28.9 Å². The molecule has 0 bridgehead atoms. The van der Waals surface area contributed by atoms with Gasteiger partial charge in [0.15, 0.2) is 0 Å². The third kappa shape index (κ3) is 2.91. The quantitative estimate of drug-likeness (QED) is 0.913. The molecule has 0 radical (unpaired) electrons. The van der Waals surface area contributed by atoms with Crippen LogP contribution in [0.4, 0.5) is 5.82 Å². The molecule has 19 heavy (non-hydrogen) atoms. The molecule has 0 aliphatic heterocycles. The average Bonchev–Trinajstić information content (AvgIpc) is 2.37. The lowest BCUT2D eigenvalue weighted by atomic mass is 10.1. The zero-order chi connectivity index (χ0) is 14.0. The molecule has 3 N–H and O–H groups in total. The zero-order valence-electron chi connectivity index (χ0n) is 10.3. The van der Waals surface area contributed by atoms with Crippen LogP contribution in [0, 0.1) is 0 Å². The van der Waals surface area contributed by atoms with E-state index in [1.54, 1.807) is 18.2 Å². The van der Waals surface area contributed by atoms with Gasteiger partial charge in [0.1, 0.15) is 11.6 Å². The molecule has 1 aromatic carbocycles. The summed E-state index contributed by atoms with van der Waals surface area (Å²) in [4.78, 5) is 18.9. The molecule has 0 atom stereocenters. The molecule has 0 aliphatic rings. The number of rotatable bonds is 3. The molecule has 1 heterocycles. The van der Waals surface area contributed by atoms with Crippen molar-refractivity contribution >= 4 is 29.0 Å². The predicted molar refractivity (Wildman–Crippen MR) is 78.7 cm³/mol. The highest BCUT2D eigenvalue weighted by atomic mass is 35.5. The van der Waals surface area contributed by atoms with Gasteiger partial charge in [0.2, 0.25) is 0 Å². The van der Waals surface area contributed by atoms with Crippen molar-refractivity contribution in [1.29, 1.82) is 0 Å². The number of nitrogens with zero attached hydrogens (tertiary/aromatic N) is 1. The predicted octanol–water partition coefficient (Wildman–Crippen LogP) is 3.28. The highest BCUT2D eigenvalue weighted by Gasteiger charge is 2.10. The number of nitrogens with one attached hydrogen (secondary N) is 1. The fourth-order valence-electron chi connectivity index (χ4n) is 1.79. The minimum Gasteiger partial charge on any atom is -0.383 e. The van der Waals surface area contributed by atoms with Crippen molar-refractivity contribution in [3.8, 4) is 11.4 Å². The van der Waals surface area contributed by atoms with Gasteiger partial charge in [-0.1, -0.05) is 36.5 Å². The number of nitrogen functional groups attached to an aromatic ring is 1. The second kappa shape index (κ2) is 5.63. The van der Waals surface area contributed by atoms with Crippen molar-refractivity contribution in [2.75, 3.05) is 5.73 Å². The fraction of sp³-hybridized carbons (Fsp3) is 0.231. The number of anilines is 1. The second-order valence-corrected chi connectivity index (χ2v) is 4.97. The first-order valence-electron chi connectivity index (χ1n) is 5.87. The molecule has 4 nitrogen and oxygen atoms in total. The normalized spacial score (nSPS) is 10.7. The van der Waals surface area contributed by atoms with Gasteiger partial charge in [-0.15, -0.1) is 0 Å². The number of benzene rings is 1. The summed E-state index contributed by atoms with van der Waals surface area (Å²) in [5.41, 5.74) is 6.80. The van der Waals surface area contributed by atoms with Gasteiger partial charge in [-0.25, -0.2) is 4.98 Å². The first kappa shape index (κ1) is 13.9. The fourth-order valence-corrected chi connectivity index (χ4v) is 2.09. The van der Waals surface area contributed by atoms with Crippen LogP contribution in [0.3, 0.4) is 0 Å². The number of halogens is 2. The van der Waals surface area contributed by atoms with E-state index in [-0.39, 0.29) is 11.4 Å². The third-order valence-electron chi connectivity index (χ3n) is 2.74. The van der Waals surface area contributed by atoms with Gasteiger partial charge >= 0.3 is 0 Å². The summed E-state index contributed by atoms with van der Waals surface area (Å²) in [5.74, 6) is 0.646. The topological polar surface area (TPSA) is 71.8 Å². The summed E-state index contributed by atoms with van der Waals surface area (Å²) >= 11 is 11.8. The molecule has 0 saturated carbocycles. The minimum absolute atomic E-state index is 0.213. The molecule has 0 fully saturated rings. The Balaban J connectivity index is 2.52. The van der Waals surface area contributed by atoms with Crippen LogP contribution in [0.5, 0.6) is 0 Å². The van der Waals surface area contributed by atoms with E-state index in [0.29, 0.717) is 33.4 Å². The van der Waals surface area contributed by atoms with Crippen molar-refractivity contribution in [3.05, 3.63) is 44.2 Å². The van der Waals surface area contributed by atoms with E-state index in [0.717, 1.165) is 6.42 Å². The molecule has 0 spiro atoms. The molecular formula is C13H13Cl2N3O. The van der Waals surface area contributed by atoms with Crippen LogP contribution in [-0.4, -0.2) is 9.97 Å². The van der Waals surface area contributed by atoms with Gasteiger partial charge in [0.05, 0.1) is 15.6 Å². The molecule has 1 aromatic heterocycles. The lowest BCUT2D eigenvalue weighted by Gasteiger charge is -2.07. The standard InChI is InChI=1S/C13H13Cl2N3O/c1-2-3-8-11(16)17-12(18-13(8)19)7-4-5-9(14)10(15)6-7/h4-6H,2-3H2,1H3,(H3,16,17,18,19). The molecule has 0 aliphatic carbocycles. The molecule has 0 amide bonds. The highest BCUT2D eigenvalue weighted by Crippen LogP contribution is 2.26. The Kier molecular flexibility index (Phi) is 4.12. The third-order valence-corrected chi connectivity index (χ3v) is 3.48. The van der Waals surface area contributed by atoms with E-state index < -0.39 is 0 Å². The number of hydrogen-bond donors (Lipinski definition) is 2. The van der Waals surface area contributed by atoms with E-state index >= 15 is 0 Å². The molecular weight excluding hydrogens is 285 g/mol. The van der Waals surface area contributed by atoms with Gasteiger partial charge in [0, 0.05) is 5.56 Å². The Hall–Kier alpha value is -1.52. The Morgan fingerprint density at radius 2 is 2.05 bits per heavy atom. The molecule has 0 unspecified atom stereocenters. The SMILES string of the molecule is CCCc1c(N)nc(-c2ccc(Cl)c(Cl)c2)[nH]c1=O. The maximum Gasteiger partial charge on any atom is 0.256 e. The van der Waals surface area contributed by atoms with Gasteiger partial charge in [-0.3, -0.25) is 4.79 Å². The summed E-state index contributed by atoms with van der Waals surface area (Å²) in [6, 6.07) is 5.02. The van der Waals surface area contributed by atoms with Crippen LogP contribution in [-0.2, 0) is 6.42 Å². The van der Waals surface area contributed by atoms with Gasteiger partial charge in [-0.2, -0.15) is 0 Å². The van der Waals surface area contributed by atoms with Gasteiger partial charge < -0.3 is 10.7 Å². The number of aromatic nitrogens is 2. The van der Waals surface area contributed by atoms with Gasteiger partial charge in [-0.05, 0) is 24.6 Å². The molecule has 0 saturated heterocycles. The van der Waals surface area contributed by atoms with E-state index in [9.17, 15) is 4.79 Å². The average molecular weight is 298 g/mol. The molecule has 2 rings (SSSR count). The number of H-pyrrole nitrogens is 1. The van der Waals surface area contributed by atoms with Crippen LogP contribution in [0.1, 0.15) is 18.9 Å². The molecule has 6 heteroatoms. The van der Waals surface area contributed by atoms with Crippen LogP contribution in [0.15, 0.2) is 23.0 Å². The summed E-state index contributed by atoms with van der Waals surface area (Å²) in [6.45, 7) is 1.98. The van der Waals surface area contributed by atoms with E-state index in [2.05, 4.69) is 9.97 Å². The Labute approximate surface area is 120 Å². The van der Waals surface area contributed by atoms with Crippen molar-refractivity contribution in [1.82, 2.24) is 9.97 Å². The van der Waals surface area contributed by atoms with E-state index in [1.165, 1.54) is 0 Å². The second-order valence-electron chi connectivity index (χ2n) is 4.16. The minimum atomic E-state index is -0.213. The number of nitrogens with two attached hydrogens (primary N) is 1. The largest absolute Gasteiger partial charge is 0.383 e. The van der Waals surface area contributed by atoms with Crippen molar-refractivity contribution in [2.24, 2.45) is 0 Å². The monoisotopic (exact) mass is 297 g/mol. The summed E-state index contributed by atoms with van der Waals surface area (Å²) in [7, 11) is 0. The van der Waals surface area contributed by atoms with E-state index in [1.807, 2.05) is 6.92 Å². The summed E-state index contributed by atoms with van der Waals surface area (Å²) in [5, 5.41) is 0.848. The van der Waals surface area contributed by atoms with Crippen LogP contribution in [0.2, 0.25) is 10.0 Å².